The third-order valence-corrected chi connectivity index (χ3v) is 3.58. The molecule has 0 aromatic carbocycles. The second-order valence-corrected chi connectivity index (χ2v) is 5.85. The Morgan fingerprint density at radius 3 is 2.38 bits per heavy atom. The van der Waals surface area contributed by atoms with Crippen molar-refractivity contribution >= 4 is 11.7 Å². The molecule has 0 spiro atoms. The first kappa shape index (κ1) is 21.8. The zero-order chi connectivity index (χ0) is 19.4. The zero-order valence-corrected chi connectivity index (χ0v) is 16.2. The van der Waals surface area contributed by atoms with E-state index >= 15 is 0 Å². The zero-order valence-electron chi connectivity index (χ0n) is 16.2. The van der Waals surface area contributed by atoms with Crippen LogP contribution in [-0.2, 0) is 0 Å². The Bertz CT molecular complexity index is 601. The van der Waals surface area contributed by atoms with Gasteiger partial charge in [-0.15, -0.1) is 0 Å². The highest BCUT2D eigenvalue weighted by atomic mass is 19.3. The van der Waals surface area contributed by atoms with Crippen LogP contribution in [0.5, 0.6) is 0 Å². The van der Waals surface area contributed by atoms with Crippen molar-refractivity contribution in [3.63, 3.8) is 0 Å². The van der Waals surface area contributed by atoms with E-state index in [0.717, 1.165) is 43.9 Å². The molecule has 1 N–H and O–H groups in total. The summed E-state index contributed by atoms with van der Waals surface area (Å²) in [5.41, 5.74) is 0.753. The summed E-state index contributed by atoms with van der Waals surface area (Å²) in [6.45, 7) is 10.0. The topological polar surface area (TPSA) is 40.5 Å². The fraction of sp³-hybridized carbons (Fsp3) is 0.500. The van der Waals surface area contributed by atoms with Crippen LogP contribution in [0.4, 0.5) is 14.6 Å². The molecular formula is C20H30F2N4. The predicted molar refractivity (Wildman–Crippen MR) is 106 cm³/mol. The quantitative estimate of drug-likeness (QED) is 0.423. The maximum Gasteiger partial charge on any atom is 0.265 e. The summed E-state index contributed by atoms with van der Waals surface area (Å²) in [5.74, 6) is 1.36. The fourth-order valence-corrected chi connectivity index (χ4v) is 2.48. The van der Waals surface area contributed by atoms with Crippen molar-refractivity contribution in [1.29, 1.82) is 0 Å². The second kappa shape index (κ2) is 12.2. The molecule has 0 unspecified atom stereocenters. The third kappa shape index (κ3) is 6.94. The van der Waals surface area contributed by atoms with Crippen LogP contribution in [0.3, 0.4) is 0 Å². The summed E-state index contributed by atoms with van der Waals surface area (Å²) in [7, 11) is 0. The lowest BCUT2D eigenvalue weighted by Gasteiger charge is -2.27. The largest absolute Gasteiger partial charge is 0.355 e. The molecule has 0 radical (unpaired) electrons. The summed E-state index contributed by atoms with van der Waals surface area (Å²) >= 11 is 0. The first-order valence-electron chi connectivity index (χ1n) is 9.22. The summed E-state index contributed by atoms with van der Waals surface area (Å²) in [6, 6.07) is 2.96. The van der Waals surface area contributed by atoms with Crippen molar-refractivity contribution in [2.24, 2.45) is 4.99 Å². The number of anilines is 1. The number of aliphatic imine (C=N–C) groups is 1. The van der Waals surface area contributed by atoms with Crippen molar-refractivity contribution in [3.05, 3.63) is 47.9 Å². The van der Waals surface area contributed by atoms with Crippen molar-refractivity contribution < 1.29 is 8.78 Å². The molecule has 144 valence electrons. The average Bonchev–Trinajstić information content (AvgIpc) is 2.63. The van der Waals surface area contributed by atoms with Gasteiger partial charge in [-0.1, -0.05) is 32.9 Å². The van der Waals surface area contributed by atoms with Gasteiger partial charge in [-0.05, 0) is 38.3 Å². The van der Waals surface area contributed by atoms with Crippen LogP contribution in [-0.4, -0.2) is 28.8 Å². The molecule has 0 fully saturated rings. The second-order valence-electron chi connectivity index (χ2n) is 5.85. The molecule has 0 amide bonds. The summed E-state index contributed by atoms with van der Waals surface area (Å²) in [4.78, 5) is 11.0. The number of amidine groups is 1. The Morgan fingerprint density at radius 2 is 1.92 bits per heavy atom. The van der Waals surface area contributed by atoms with E-state index in [-0.39, 0.29) is 5.56 Å². The Morgan fingerprint density at radius 1 is 1.23 bits per heavy atom. The normalized spacial score (nSPS) is 12.9. The Hall–Kier alpha value is -2.24. The molecule has 4 nitrogen and oxygen atoms in total. The van der Waals surface area contributed by atoms with Crippen molar-refractivity contribution in [2.75, 3.05) is 18.4 Å². The highest BCUT2D eigenvalue weighted by molar-refractivity contribution is 6.01. The van der Waals surface area contributed by atoms with Gasteiger partial charge in [0.25, 0.3) is 6.43 Å². The lowest BCUT2D eigenvalue weighted by molar-refractivity contribution is 0.151. The number of aromatic nitrogens is 1. The molecule has 0 saturated heterocycles. The van der Waals surface area contributed by atoms with Gasteiger partial charge in [-0.2, -0.15) is 0 Å². The van der Waals surface area contributed by atoms with Crippen LogP contribution in [0.2, 0.25) is 0 Å². The van der Waals surface area contributed by atoms with E-state index in [2.05, 4.69) is 34.0 Å². The van der Waals surface area contributed by atoms with Gasteiger partial charge in [0, 0.05) is 31.0 Å². The third-order valence-electron chi connectivity index (χ3n) is 3.58. The summed E-state index contributed by atoms with van der Waals surface area (Å²) in [6.07, 6.45) is 7.22. The number of hydrogen-bond donors (Lipinski definition) is 1. The number of alkyl halides is 2. The van der Waals surface area contributed by atoms with E-state index in [0.29, 0.717) is 5.82 Å². The fourth-order valence-electron chi connectivity index (χ4n) is 2.48. The minimum atomic E-state index is -2.52. The Labute approximate surface area is 155 Å². The number of halogens is 2. The van der Waals surface area contributed by atoms with Gasteiger partial charge in [0.05, 0.1) is 5.70 Å². The molecule has 1 rings (SSSR count). The van der Waals surface area contributed by atoms with Crippen LogP contribution >= 0.6 is 0 Å². The van der Waals surface area contributed by atoms with Gasteiger partial charge in [0.2, 0.25) is 0 Å². The Kier molecular flexibility index (Phi) is 10.2. The van der Waals surface area contributed by atoms with E-state index < -0.39 is 6.43 Å². The lowest BCUT2D eigenvalue weighted by Crippen LogP contribution is -2.35. The van der Waals surface area contributed by atoms with Gasteiger partial charge in [-0.3, -0.25) is 0 Å². The SMILES string of the molecule is C\C=C/N=C(\C(=C\CC)Nc1ccc(C(F)F)cn1)N(CCC)CCC. The minimum Gasteiger partial charge on any atom is -0.355 e. The molecule has 0 aliphatic heterocycles. The smallest absolute Gasteiger partial charge is 0.265 e. The number of hydrogen-bond acceptors (Lipinski definition) is 3. The molecule has 1 aromatic heterocycles. The molecule has 6 heteroatoms. The number of nitrogens with zero attached hydrogens (tertiary/aromatic N) is 3. The van der Waals surface area contributed by atoms with Crippen LogP contribution in [0, 0.1) is 0 Å². The van der Waals surface area contributed by atoms with Crippen LogP contribution in [0.15, 0.2) is 47.4 Å². The molecule has 0 bridgehead atoms. The highest BCUT2D eigenvalue weighted by Gasteiger charge is 2.15. The number of rotatable bonds is 10. The van der Waals surface area contributed by atoms with E-state index in [1.165, 1.54) is 12.3 Å². The van der Waals surface area contributed by atoms with Gasteiger partial charge in [-0.25, -0.2) is 18.8 Å². The standard InChI is InChI=1S/C20H30F2N4/c1-5-9-17(25-18-11-10-16(15-24-18)19(21)22)20(23-12-6-2)26(13-7-3)14-8-4/h6,9-12,15,19H,5,7-8,13-14H2,1-4H3,(H,24,25)/b12-6-,17-9-,23-20+. The minimum absolute atomic E-state index is 0.0852. The van der Waals surface area contributed by atoms with Crippen molar-refractivity contribution in [2.45, 2.75) is 53.4 Å². The number of pyridine rings is 1. The predicted octanol–water partition coefficient (Wildman–Crippen LogP) is 5.78. The van der Waals surface area contributed by atoms with E-state index in [4.69, 9.17) is 0 Å². The van der Waals surface area contributed by atoms with E-state index in [1.807, 2.05) is 26.0 Å². The maximum atomic E-state index is 12.7. The molecule has 0 atom stereocenters. The number of allylic oxidation sites excluding steroid dienone is 2. The molecule has 0 aliphatic rings. The highest BCUT2D eigenvalue weighted by Crippen LogP contribution is 2.19. The molecule has 1 heterocycles. The first-order chi connectivity index (χ1) is 12.6. The average molecular weight is 364 g/mol. The van der Waals surface area contributed by atoms with Crippen molar-refractivity contribution in [3.8, 4) is 0 Å². The van der Waals surface area contributed by atoms with Gasteiger partial charge in [0.1, 0.15) is 5.82 Å². The van der Waals surface area contributed by atoms with Crippen LogP contribution in [0.25, 0.3) is 0 Å². The molecule has 26 heavy (non-hydrogen) atoms. The first-order valence-corrected chi connectivity index (χ1v) is 9.22. The maximum absolute atomic E-state index is 12.7. The van der Waals surface area contributed by atoms with Crippen LogP contribution in [0.1, 0.15) is 58.9 Å². The van der Waals surface area contributed by atoms with Crippen LogP contribution < -0.4 is 5.32 Å². The van der Waals surface area contributed by atoms with Gasteiger partial charge >= 0.3 is 0 Å². The van der Waals surface area contributed by atoms with Gasteiger partial charge < -0.3 is 10.2 Å². The van der Waals surface area contributed by atoms with Gasteiger partial charge in [0.15, 0.2) is 5.84 Å². The number of nitrogens with one attached hydrogen (secondary N) is 1. The molecule has 0 aliphatic carbocycles. The summed E-state index contributed by atoms with van der Waals surface area (Å²) < 4.78 is 25.4. The summed E-state index contributed by atoms with van der Waals surface area (Å²) in [5, 5.41) is 3.25. The van der Waals surface area contributed by atoms with E-state index in [1.54, 1.807) is 12.3 Å². The van der Waals surface area contributed by atoms with E-state index in [9.17, 15) is 8.78 Å². The monoisotopic (exact) mass is 364 g/mol. The molecular weight excluding hydrogens is 334 g/mol. The Balaban J connectivity index is 3.16. The molecule has 0 saturated carbocycles. The van der Waals surface area contributed by atoms with Crippen molar-refractivity contribution in [1.82, 2.24) is 9.88 Å². The lowest BCUT2D eigenvalue weighted by atomic mass is 10.2. The molecule has 1 aromatic rings.